The maximum Gasteiger partial charge on any atom is 0.172 e. The summed E-state index contributed by atoms with van der Waals surface area (Å²) >= 11 is 3.29. The van der Waals surface area contributed by atoms with Crippen LogP contribution in [-0.2, 0) is 6.54 Å². The number of phenolic OH excluding ortho intramolecular Hbond substituents is 1. The lowest BCUT2D eigenvalue weighted by molar-refractivity contribution is -0.0314. The zero-order valence-electron chi connectivity index (χ0n) is 10.4. The number of halogens is 1. The van der Waals surface area contributed by atoms with Crippen molar-refractivity contribution in [2.24, 2.45) is 0 Å². The van der Waals surface area contributed by atoms with Gasteiger partial charge in [0.15, 0.2) is 11.5 Å². The maximum atomic E-state index is 9.95. The van der Waals surface area contributed by atoms with Gasteiger partial charge in [-0.1, -0.05) is 0 Å². The minimum absolute atomic E-state index is 0.110. The Bertz CT molecular complexity index is 432. The van der Waals surface area contributed by atoms with Crippen molar-refractivity contribution in [1.82, 2.24) is 5.32 Å². The van der Waals surface area contributed by atoms with Gasteiger partial charge in [0.25, 0.3) is 0 Å². The van der Waals surface area contributed by atoms with E-state index < -0.39 is 5.60 Å². The summed E-state index contributed by atoms with van der Waals surface area (Å²) in [7, 11) is 1.52. The Balaban J connectivity index is 1.94. The normalized spacial score (nSPS) is 17.3. The maximum absolute atomic E-state index is 9.95. The number of aliphatic hydroxyl groups is 1. The van der Waals surface area contributed by atoms with Crippen molar-refractivity contribution < 1.29 is 14.9 Å². The van der Waals surface area contributed by atoms with Crippen molar-refractivity contribution in [3.8, 4) is 11.5 Å². The number of rotatable bonds is 5. The summed E-state index contributed by atoms with van der Waals surface area (Å²) in [5, 5.41) is 22.9. The van der Waals surface area contributed by atoms with Crippen molar-refractivity contribution in [2.45, 2.75) is 31.4 Å². The number of phenols is 1. The molecule has 1 aromatic rings. The lowest BCUT2D eigenvalue weighted by Crippen LogP contribution is -2.45. The number of hydrogen-bond donors (Lipinski definition) is 3. The van der Waals surface area contributed by atoms with Gasteiger partial charge in [-0.2, -0.15) is 0 Å². The number of hydrogen-bond acceptors (Lipinski definition) is 4. The van der Waals surface area contributed by atoms with E-state index in [-0.39, 0.29) is 5.75 Å². The van der Waals surface area contributed by atoms with Crippen molar-refractivity contribution in [3.63, 3.8) is 0 Å². The second-order valence-electron chi connectivity index (χ2n) is 4.81. The quantitative estimate of drug-likeness (QED) is 0.779. The Hall–Kier alpha value is -0.780. The van der Waals surface area contributed by atoms with Crippen molar-refractivity contribution in [1.29, 1.82) is 0 Å². The summed E-state index contributed by atoms with van der Waals surface area (Å²) in [4.78, 5) is 0. The predicted molar refractivity (Wildman–Crippen MR) is 72.9 cm³/mol. The smallest absolute Gasteiger partial charge is 0.172 e. The molecule has 0 heterocycles. The molecule has 5 heteroatoms. The van der Waals surface area contributed by atoms with Crippen LogP contribution in [0.1, 0.15) is 24.8 Å². The lowest BCUT2D eigenvalue weighted by Gasteiger charge is -2.36. The summed E-state index contributed by atoms with van der Waals surface area (Å²) in [6, 6.07) is 3.63. The highest BCUT2D eigenvalue weighted by Gasteiger charge is 2.33. The molecule has 2 rings (SSSR count). The Morgan fingerprint density at radius 2 is 2.17 bits per heavy atom. The van der Waals surface area contributed by atoms with Crippen LogP contribution >= 0.6 is 15.9 Å². The van der Waals surface area contributed by atoms with Crippen LogP contribution in [0.2, 0.25) is 0 Å². The molecule has 0 unspecified atom stereocenters. The average Bonchev–Trinajstić information content (AvgIpc) is 2.31. The summed E-state index contributed by atoms with van der Waals surface area (Å²) in [6.07, 6.45) is 2.86. The van der Waals surface area contributed by atoms with Gasteiger partial charge in [-0.15, -0.1) is 0 Å². The van der Waals surface area contributed by atoms with Gasteiger partial charge in [0, 0.05) is 13.1 Å². The van der Waals surface area contributed by atoms with Gasteiger partial charge < -0.3 is 20.3 Å². The highest BCUT2D eigenvalue weighted by Crippen LogP contribution is 2.35. The fourth-order valence-corrected chi connectivity index (χ4v) is 2.58. The SMILES string of the molecule is COc1cc(CNCC2(O)CCC2)cc(Br)c1O. The van der Waals surface area contributed by atoms with Crippen LogP contribution in [0, 0.1) is 0 Å². The Morgan fingerprint density at radius 3 is 2.72 bits per heavy atom. The van der Waals surface area contributed by atoms with Crippen LogP contribution in [0.5, 0.6) is 11.5 Å². The molecule has 1 aliphatic rings. The highest BCUT2D eigenvalue weighted by molar-refractivity contribution is 9.10. The van der Waals surface area contributed by atoms with Gasteiger partial charge >= 0.3 is 0 Å². The van der Waals surface area contributed by atoms with E-state index in [1.54, 1.807) is 6.07 Å². The first-order valence-electron chi connectivity index (χ1n) is 6.02. The molecule has 18 heavy (non-hydrogen) atoms. The zero-order valence-corrected chi connectivity index (χ0v) is 12.0. The number of nitrogens with one attached hydrogen (secondary N) is 1. The molecule has 0 amide bonds. The summed E-state index contributed by atoms with van der Waals surface area (Å²) in [6.45, 7) is 1.24. The summed E-state index contributed by atoms with van der Waals surface area (Å²) < 4.78 is 5.70. The third-order valence-electron chi connectivity index (χ3n) is 3.38. The molecule has 1 aromatic carbocycles. The van der Waals surface area contributed by atoms with Crippen LogP contribution in [0.3, 0.4) is 0 Å². The number of aromatic hydroxyl groups is 1. The second kappa shape index (κ2) is 5.47. The third-order valence-corrected chi connectivity index (χ3v) is 3.98. The Morgan fingerprint density at radius 1 is 1.44 bits per heavy atom. The van der Waals surface area contributed by atoms with Crippen LogP contribution in [-0.4, -0.2) is 29.5 Å². The van der Waals surface area contributed by atoms with Crippen LogP contribution in [0.25, 0.3) is 0 Å². The Labute approximate surface area is 115 Å². The largest absolute Gasteiger partial charge is 0.503 e. The second-order valence-corrected chi connectivity index (χ2v) is 5.66. The molecule has 0 radical (unpaired) electrons. The molecular weight excluding hydrogens is 298 g/mol. The first-order chi connectivity index (χ1) is 8.54. The Kier molecular flexibility index (Phi) is 4.14. The molecule has 0 bridgehead atoms. The van der Waals surface area contributed by atoms with Crippen LogP contribution in [0.4, 0.5) is 0 Å². The molecule has 0 aliphatic heterocycles. The van der Waals surface area contributed by atoms with Crippen molar-refractivity contribution in [2.75, 3.05) is 13.7 Å². The van der Waals surface area contributed by atoms with E-state index in [0.29, 0.717) is 23.3 Å². The number of methoxy groups -OCH3 is 1. The minimum Gasteiger partial charge on any atom is -0.503 e. The molecule has 1 aliphatic carbocycles. The van der Waals surface area contributed by atoms with Crippen LogP contribution in [0.15, 0.2) is 16.6 Å². The highest BCUT2D eigenvalue weighted by atomic mass is 79.9. The molecule has 1 fully saturated rings. The van der Waals surface area contributed by atoms with Gasteiger partial charge in [-0.25, -0.2) is 0 Å². The molecule has 0 saturated heterocycles. The van der Waals surface area contributed by atoms with Crippen molar-refractivity contribution in [3.05, 3.63) is 22.2 Å². The van der Waals surface area contributed by atoms with Crippen molar-refractivity contribution >= 4 is 15.9 Å². The molecule has 100 valence electrons. The first kappa shape index (κ1) is 13.6. The lowest BCUT2D eigenvalue weighted by atomic mass is 9.80. The topological polar surface area (TPSA) is 61.7 Å². The fraction of sp³-hybridized carbons (Fsp3) is 0.538. The summed E-state index contributed by atoms with van der Waals surface area (Å²) in [5.74, 6) is 0.558. The molecule has 4 nitrogen and oxygen atoms in total. The van der Waals surface area contributed by atoms with E-state index in [1.807, 2.05) is 6.07 Å². The van der Waals surface area contributed by atoms with E-state index >= 15 is 0 Å². The predicted octanol–water partition coefficient (Wildman–Crippen LogP) is 2.17. The molecule has 0 atom stereocenters. The number of benzene rings is 1. The first-order valence-corrected chi connectivity index (χ1v) is 6.82. The van der Waals surface area contributed by atoms with Gasteiger partial charge in [-0.05, 0) is 52.9 Å². The molecule has 3 N–H and O–H groups in total. The molecular formula is C13H18BrNO3. The van der Waals surface area contributed by atoms with Crippen LogP contribution < -0.4 is 10.1 Å². The van der Waals surface area contributed by atoms with Gasteiger partial charge in [-0.3, -0.25) is 0 Å². The third kappa shape index (κ3) is 2.96. The van der Waals surface area contributed by atoms with Gasteiger partial charge in [0.1, 0.15) is 0 Å². The number of ether oxygens (including phenoxy) is 1. The van der Waals surface area contributed by atoms with E-state index in [9.17, 15) is 10.2 Å². The van der Waals surface area contributed by atoms with Gasteiger partial charge in [0.05, 0.1) is 17.2 Å². The van der Waals surface area contributed by atoms with E-state index in [4.69, 9.17) is 4.74 Å². The van der Waals surface area contributed by atoms with Gasteiger partial charge in [0.2, 0.25) is 0 Å². The van der Waals surface area contributed by atoms with E-state index in [0.717, 1.165) is 24.8 Å². The average molecular weight is 316 g/mol. The van der Waals surface area contributed by atoms with E-state index in [1.165, 1.54) is 7.11 Å². The fourth-order valence-electron chi connectivity index (χ4n) is 2.09. The monoisotopic (exact) mass is 315 g/mol. The molecule has 0 spiro atoms. The van der Waals surface area contributed by atoms with E-state index in [2.05, 4.69) is 21.2 Å². The molecule has 0 aromatic heterocycles. The summed E-state index contributed by atoms with van der Waals surface area (Å²) in [5.41, 5.74) is 0.484. The minimum atomic E-state index is -0.516. The zero-order chi connectivity index (χ0) is 13.2. The standard InChI is InChI=1S/C13H18BrNO3/c1-18-11-6-9(5-10(14)12(11)16)7-15-8-13(17)3-2-4-13/h5-6,15-17H,2-4,7-8H2,1H3. The molecule has 1 saturated carbocycles.